The van der Waals surface area contributed by atoms with Gasteiger partial charge in [0.2, 0.25) is 0 Å². The first-order valence-electron chi connectivity index (χ1n) is 14.1. The Morgan fingerprint density at radius 1 is 1.07 bits per heavy atom. The summed E-state index contributed by atoms with van der Waals surface area (Å²) >= 11 is 0. The van der Waals surface area contributed by atoms with Crippen molar-refractivity contribution >= 4 is 23.3 Å². The molecule has 40 heavy (non-hydrogen) atoms. The lowest BCUT2D eigenvalue weighted by Crippen LogP contribution is -2.65. The first-order valence-corrected chi connectivity index (χ1v) is 14.1. The van der Waals surface area contributed by atoms with E-state index in [2.05, 4.69) is 48.3 Å². The van der Waals surface area contributed by atoms with Gasteiger partial charge in [-0.05, 0) is 69.7 Å². The number of para-hydroxylation sites is 1. The maximum atomic E-state index is 13.7. The van der Waals surface area contributed by atoms with Gasteiger partial charge in [-0.15, -0.1) is 0 Å². The molecule has 1 N–H and O–H groups in total. The van der Waals surface area contributed by atoms with Crippen LogP contribution in [0, 0.1) is 6.92 Å². The Morgan fingerprint density at radius 3 is 2.62 bits per heavy atom. The van der Waals surface area contributed by atoms with Gasteiger partial charge in [0, 0.05) is 48.9 Å². The van der Waals surface area contributed by atoms with Crippen LogP contribution in [-0.2, 0) is 0 Å². The highest BCUT2D eigenvalue weighted by Gasteiger charge is 2.50. The SMILES string of the molecule is CCOc1cccc2c1OC1(C)CC2NC(=O)N1c1cccc(C(=O)N2CCN(c3cccc(C)c3)C(C)C2)c1. The van der Waals surface area contributed by atoms with Gasteiger partial charge in [0.1, 0.15) is 0 Å². The molecule has 3 aliphatic heterocycles. The third-order valence-corrected chi connectivity index (χ3v) is 8.16. The van der Waals surface area contributed by atoms with E-state index in [4.69, 9.17) is 9.47 Å². The van der Waals surface area contributed by atoms with Crippen LogP contribution < -0.4 is 24.6 Å². The van der Waals surface area contributed by atoms with Crippen molar-refractivity contribution in [2.24, 2.45) is 0 Å². The summed E-state index contributed by atoms with van der Waals surface area (Å²) in [6.07, 6.45) is 0.567. The molecule has 2 bridgehead atoms. The van der Waals surface area contributed by atoms with Crippen LogP contribution in [-0.4, -0.2) is 54.8 Å². The number of anilines is 2. The summed E-state index contributed by atoms with van der Waals surface area (Å²) in [4.78, 5) is 33.0. The highest BCUT2D eigenvalue weighted by atomic mass is 16.5. The van der Waals surface area contributed by atoms with Gasteiger partial charge < -0.3 is 24.6 Å². The van der Waals surface area contributed by atoms with Crippen LogP contribution in [0.5, 0.6) is 11.5 Å². The highest BCUT2D eigenvalue weighted by molar-refractivity contribution is 5.99. The van der Waals surface area contributed by atoms with E-state index in [1.807, 2.05) is 55.1 Å². The van der Waals surface area contributed by atoms with Gasteiger partial charge in [0.25, 0.3) is 5.91 Å². The molecule has 8 heteroatoms. The molecule has 3 atom stereocenters. The van der Waals surface area contributed by atoms with Gasteiger partial charge in [0.15, 0.2) is 17.2 Å². The molecule has 2 saturated heterocycles. The Labute approximate surface area is 235 Å². The number of ether oxygens (including phenoxy) is 2. The fraction of sp³-hybridized carbons (Fsp3) is 0.375. The monoisotopic (exact) mass is 540 g/mol. The van der Waals surface area contributed by atoms with Crippen molar-refractivity contribution in [1.82, 2.24) is 10.2 Å². The number of nitrogens with one attached hydrogen (secondary N) is 1. The van der Waals surface area contributed by atoms with E-state index in [9.17, 15) is 9.59 Å². The molecule has 208 valence electrons. The molecule has 8 nitrogen and oxygen atoms in total. The number of carbonyl (C=O) groups excluding carboxylic acids is 2. The molecule has 0 spiro atoms. The average molecular weight is 541 g/mol. The summed E-state index contributed by atoms with van der Waals surface area (Å²) in [5, 5.41) is 3.14. The molecule has 2 fully saturated rings. The zero-order chi connectivity index (χ0) is 28.0. The van der Waals surface area contributed by atoms with Gasteiger partial charge in [0.05, 0.1) is 18.3 Å². The molecule has 3 aliphatic rings. The van der Waals surface area contributed by atoms with E-state index in [1.54, 1.807) is 11.0 Å². The zero-order valence-corrected chi connectivity index (χ0v) is 23.5. The molecule has 3 amide bonds. The van der Waals surface area contributed by atoms with Crippen molar-refractivity contribution in [2.45, 2.75) is 51.9 Å². The Morgan fingerprint density at radius 2 is 1.85 bits per heavy atom. The fourth-order valence-electron chi connectivity index (χ4n) is 6.31. The Hall–Kier alpha value is -4.20. The van der Waals surface area contributed by atoms with Crippen molar-refractivity contribution in [3.05, 3.63) is 83.4 Å². The minimum absolute atomic E-state index is 0.0356. The van der Waals surface area contributed by atoms with Crippen LogP contribution in [0.4, 0.5) is 16.2 Å². The van der Waals surface area contributed by atoms with Gasteiger partial charge in [-0.1, -0.05) is 30.3 Å². The first-order chi connectivity index (χ1) is 19.3. The molecule has 3 aromatic carbocycles. The van der Waals surface area contributed by atoms with Crippen LogP contribution in [0.25, 0.3) is 0 Å². The third kappa shape index (κ3) is 4.51. The number of benzene rings is 3. The second-order valence-electron chi connectivity index (χ2n) is 11.1. The molecule has 3 heterocycles. The molecule has 0 aromatic heterocycles. The van der Waals surface area contributed by atoms with E-state index in [0.29, 0.717) is 48.9 Å². The summed E-state index contributed by atoms with van der Waals surface area (Å²) in [5.74, 6) is 1.28. The standard InChI is InChI=1S/C32H36N4O4/c1-5-39-28-14-8-13-26-27-19-32(4,40-29(26)28)36(31(38)33-27)25-12-7-10-23(18-25)30(37)34-15-16-35(22(3)20-34)24-11-6-9-21(2)17-24/h6-14,17-18,22,27H,5,15-16,19-20H2,1-4H3,(H,33,38). The summed E-state index contributed by atoms with van der Waals surface area (Å²) in [7, 11) is 0. The molecular weight excluding hydrogens is 504 g/mol. The minimum Gasteiger partial charge on any atom is -0.490 e. The topological polar surface area (TPSA) is 74.3 Å². The van der Waals surface area contributed by atoms with Gasteiger partial charge in [-0.3, -0.25) is 9.69 Å². The average Bonchev–Trinajstić information content (AvgIpc) is 2.93. The van der Waals surface area contributed by atoms with Crippen LogP contribution in [0.3, 0.4) is 0 Å². The van der Waals surface area contributed by atoms with E-state index in [-0.39, 0.29) is 24.0 Å². The van der Waals surface area contributed by atoms with Crippen LogP contribution in [0.2, 0.25) is 0 Å². The largest absolute Gasteiger partial charge is 0.490 e. The van der Waals surface area contributed by atoms with Gasteiger partial charge in [-0.2, -0.15) is 0 Å². The number of aryl methyl sites for hydroxylation is 1. The normalized spacial score (nSPS) is 23.7. The van der Waals surface area contributed by atoms with E-state index in [1.165, 1.54) is 11.3 Å². The predicted octanol–water partition coefficient (Wildman–Crippen LogP) is 5.51. The first kappa shape index (κ1) is 26.0. The zero-order valence-electron chi connectivity index (χ0n) is 23.5. The lowest BCUT2D eigenvalue weighted by molar-refractivity contribution is 0.0343. The van der Waals surface area contributed by atoms with Crippen LogP contribution >= 0.6 is 0 Å². The molecule has 6 rings (SSSR count). The Bertz CT molecular complexity index is 1460. The number of hydrogen-bond acceptors (Lipinski definition) is 5. The second kappa shape index (κ2) is 10.1. The van der Waals surface area contributed by atoms with Crippen LogP contribution in [0.1, 0.15) is 54.7 Å². The quantitative estimate of drug-likeness (QED) is 0.462. The Kier molecular flexibility index (Phi) is 6.56. The summed E-state index contributed by atoms with van der Waals surface area (Å²) in [6.45, 7) is 10.6. The van der Waals surface area contributed by atoms with Gasteiger partial charge in [-0.25, -0.2) is 4.79 Å². The molecule has 3 aromatic rings. The maximum absolute atomic E-state index is 13.7. The molecular formula is C32H36N4O4. The van der Waals surface area contributed by atoms with E-state index >= 15 is 0 Å². The number of nitrogens with zero attached hydrogens (tertiary/aromatic N) is 3. The number of hydrogen-bond donors (Lipinski definition) is 1. The number of urea groups is 1. The van der Waals surface area contributed by atoms with E-state index < -0.39 is 5.72 Å². The maximum Gasteiger partial charge on any atom is 0.325 e. The lowest BCUT2D eigenvalue weighted by atomic mass is 9.89. The van der Waals surface area contributed by atoms with Crippen molar-refractivity contribution in [2.75, 3.05) is 36.0 Å². The molecule has 0 aliphatic carbocycles. The van der Waals surface area contributed by atoms with E-state index in [0.717, 1.165) is 12.1 Å². The number of amides is 3. The number of piperazine rings is 1. The number of carbonyl (C=O) groups is 2. The van der Waals surface area contributed by atoms with Crippen molar-refractivity contribution < 1.29 is 19.1 Å². The van der Waals surface area contributed by atoms with Crippen molar-refractivity contribution in [3.63, 3.8) is 0 Å². The number of rotatable bonds is 5. The predicted molar refractivity (Wildman–Crippen MR) is 155 cm³/mol. The summed E-state index contributed by atoms with van der Waals surface area (Å²) in [6, 6.07) is 21.3. The summed E-state index contributed by atoms with van der Waals surface area (Å²) in [5.41, 5.74) is 3.56. The highest BCUT2D eigenvalue weighted by Crippen LogP contribution is 2.49. The van der Waals surface area contributed by atoms with Gasteiger partial charge >= 0.3 is 6.03 Å². The fourth-order valence-corrected chi connectivity index (χ4v) is 6.31. The molecule has 0 radical (unpaired) electrons. The summed E-state index contributed by atoms with van der Waals surface area (Å²) < 4.78 is 12.4. The third-order valence-electron chi connectivity index (χ3n) is 8.16. The smallest absolute Gasteiger partial charge is 0.325 e. The molecule has 3 unspecified atom stereocenters. The van der Waals surface area contributed by atoms with Crippen molar-refractivity contribution in [3.8, 4) is 11.5 Å². The lowest BCUT2D eigenvalue weighted by Gasteiger charge is -2.50. The minimum atomic E-state index is -0.942. The number of fused-ring (bicyclic) bond motifs is 4. The second-order valence-corrected chi connectivity index (χ2v) is 11.1. The molecule has 0 saturated carbocycles. The van der Waals surface area contributed by atoms with Crippen LogP contribution in [0.15, 0.2) is 66.7 Å². The Balaban J connectivity index is 1.24. The van der Waals surface area contributed by atoms with Crippen molar-refractivity contribution in [1.29, 1.82) is 0 Å².